The van der Waals surface area contributed by atoms with Gasteiger partial charge in [-0.25, -0.2) is 9.59 Å². The van der Waals surface area contributed by atoms with Crippen LogP contribution in [0.1, 0.15) is 185 Å². The summed E-state index contributed by atoms with van der Waals surface area (Å²) in [5.41, 5.74) is 6.57. The molecule has 0 radical (unpaired) electrons. The van der Waals surface area contributed by atoms with Crippen LogP contribution in [0.3, 0.4) is 0 Å². The van der Waals surface area contributed by atoms with Crippen LogP contribution in [0.15, 0.2) is 18.2 Å². The monoisotopic (exact) mass is 941 g/mol. The van der Waals surface area contributed by atoms with E-state index in [1.54, 1.807) is 48.5 Å². The minimum Gasteiger partial charge on any atom is -0.469 e. The number of hydrogen-bond acceptors (Lipinski definition) is 11. The van der Waals surface area contributed by atoms with E-state index >= 15 is 0 Å². The van der Waals surface area contributed by atoms with Gasteiger partial charge in [0.1, 0.15) is 11.2 Å². The maximum atomic E-state index is 14.5. The number of aromatic nitrogens is 4. The summed E-state index contributed by atoms with van der Waals surface area (Å²) in [5.74, 6) is -1.91. The van der Waals surface area contributed by atoms with Crippen LogP contribution >= 0.6 is 0 Å². The van der Waals surface area contributed by atoms with Gasteiger partial charge in [0.05, 0.1) is 35.8 Å². The number of rotatable bonds is 16. The van der Waals surface area contributed by atoms with Gasteiger partial charge in [-0.2, -0.15) is 0 Å². The molecule has 0 unspecified atom stereocenters. The van der Waals surface area contributed by atoms with Crippen molar-refractivity contribution in [2.75, 3.05) is 33.3 Å². The first kappa shape index (κ1) is 52.7. The number of hydrogen-bond donors (Lipinski definition) is 6. The van der Waals surface area contributed by atoms with Crippen LogP contribution < -0.4 is 21.3 Å². The lowest BCUT2D eigenvalue weighted by molar-refractivity contribution is -0.139. The number of carbonyl (C=O) groups excluding carboxylic acids is 6. The molecule has 17 nitrogen and oxygen atoms in total. The molecule has 8 bridgehead atoms. The van der Waals surface area contributed by atoms with Crippen molar-refractivity contribution in [3.63, 3.8) is 0 Å². The van der Waals surface area contributed by atoms with Crippen LogP contribution in [-0.4, -0.2) is 100 Å². The molecule has 4 atom stereocenters. The van der Waals surface area contributed by atoms with Crippen LogP contribution in [0.4, 0.5) is 9.59 Å². The molecule has 4 amide bonds. The Kier molecular flexibility index (Phi) is 17.2. The Morgan fingerprint density at radius 3 is 1.76 bits per heavy atom. The highest BCUT2D eigenvalue weighted by molar-refractivity contribution is 6.06. The van der Waals surface area contributed by atoms with Crippen molar-refractivity contribution < 1.29 is 43.0 Å². The first-order valence-corrected chi connectivity index (χ1v) is 23.8. The number of aromatic amines is 2. The van der Waals surface area contributed by atoms with Crippen molar-refractivity contribution in [2.24, 2.45) is 0 Å². The van der Waals surface area contributed by atoms with E-state index in [1.165, 1.54) is 7.11 Å². The zero-order valence-corrected chi connectivity index (χ0v) is 42.2. The quantitative estimate of drug-likeness (QED) is 0.0345. The van der Waals surface area contributed by atoms with Gasteiger partial charge in [0.15, 0.2) is 5.78 Å². The van der Waals surface area contributed by atoms with Crippen molar-refractivity contribution in [2.45, 2.75) is 156 Å². The second-order valence-corrected chi connectivity index (χ2v) is 19.9. The maximum Gasteiger partial charge on any atom is 0.407 e. The van der Waals surface area contributed by atoms with Crippen molar-refractivity contribution in [1.82, 2.24) is 41.2 Å². The Morgan fingerprint density at radius 1 is 0.676 bits per heavy atom. The van der Waals surface area contributed by atoms with Crippen LogP contribution in [0.2, 0.25) is 0 Å². The van der Waals surface area contributed by atoms with E-state index in [0.29, 0.717) is 88.1 Å². The molecule has 5 rings (SSSR count). The second kappa shape index (κ2) is 22.2. The van der Waals surface area contributed by atoms with Crippen molar-refractivity contribution in [3.05, 3.63) is 68.8 Å². The summed E-state index contributed by atoms with van der Waals surface area (Å²) in [4.78, 5) is 96.7. The topological polar surface area (TPSA) is 236 Å². The van der Waals surface area contributed by atoms with Crippen molar-refractivity contribution in [3.8, 4) is 0 Å². The van der Waals surface area contributed by atoms with Gasteiger partial charge in [0.25, 0.3) is 5.91 Å². The zero-order chi connectivity index (χ0) is 50.2. The summed E-state index contributed by atoms with van der Waals surface area (Å²) in [6, 6.07) is 5.84. The third-order valence-corrected chi connectivity index (χ3v) is 12.4. The van der Waals surface area contributed by atoms with Gasteiger partial charge in [-0.15, -0.1) is 0 Å². The van der Waals surface area contributed by atoms with Crippen LogP contribution in [0, 0.1) is 13.8 Å². The summed E-state index contributed by atoms with van der Waals surface area (Å²) in [5, 5.41) is 11.4. The molecule has 3 aromatic heterocycles. The first-order valence-electron chi connectivity index (χ1n) is 23.8. The molecule has 3 aromatic rings. The lowest BCUT2D eigenvalue weighted by Crippen LogP contribution is -2.34. The normalized spacial score (nSPS) is 17.0. The van der Waals surface area contributed by atoms with Crippen molar-refractivity contribution >= 4 is 57.8 Å². The Morgan fingerprint density at radius 2 is 1.19 bits per heavy atom. The van der Waals surface area contributed by atoms with Gasteiger partial charge >= 0.3 is 18.2 Å². The van der Waals surface area contributed by atoms with Gasteiger partial charge in [0, 0.05) is 95.5 Å². The number of amides is 4. The standard InChI is InChI=1S/C51H72N8O9/c1-14-32-27(2)35-26-40-43(31(6)60)29(4)37(57-40)24-36-28(3)33(17-18-41(61)52-19-15-21-54-48(64)67-50(7,8)9)45(58-36)34(23-42(62)66-13)46-44(30(5)38(59-46)25-39(32)56-35)47(63)53-20-16-22-55-49(65)68-51(10,11)12/h24-28,32-33,57,59H,14-23H2,1-13H3,(H,52,61)(H,53,63)(H,54,64)(H,55,65)/t27-,28+,32-,33+/m1/s1. The highest BCUT2D eigenvalue weighted by Gasteiger charge is 2.34. The van der Waals surface area contributed by atoms with Gasteiger partial charge in [0.2, 0.25) is 5.91 Å². The molecule has 0 spiro atoms. The number of Topliss-reactive ketones (excluding diaryl/α,β-unsaturated/α-hetero) is 1. The second-order valence-electron chi connectivity index (χ2n) is 19.9. The van der Waals surface area contributed by atoms with E-state index in [0.717, 1.165) is 23.4 Å². The number of nitrogens with zero attached hydrogens (tertiary/aromatic N) is 2. The van der Waals surface area contributed by atoms with Gasteiger partial charge in [-0.3, -0.25) is 29.1 Å². The summed E-state index contributed by atoms with van der Waals surface area (Å²) in [6.07, 6.45) is 0.798. The summed E-state index contributed by atoms with van der Waals surface area (Å²) in [7, 11) is 1.30. The Balaban J connectivity index is 1.66. The molecule has 2 aliphatic heterocycles. The number of H-pyrrole nitrogens is 2. The number of aryl methyl sites for hydroxylation is 2. The zero-order valence-electron chi connectivity index (χ0n) is 42.2. The first-order chi connectivity index (χ1) is 31.9. The lowest BCUT2D eigenvalue weighted by atomic mass is 9.85. The molecule has 5 heterocycles. The highest BCUT2D eigenvalue weighted by Crippen LogP contribution is 2.44. The number of esters is 1. The Hall–Kier alpha value is -6.26. The van der Waals surface area contributed by atoms with Gasteiger partial charge in [-0.1, -0.05) is 20.8 Å². The Labute approximate surface area is 399 Å². The smallest absolute Gasteiger partial charge is 0.407 e. The number of methoxy groups -OCH3 is 1. The number of fused-ring (bicyclic) bond motifs is 8. The summed E-state index contributed by atoms with van der Waals surface area (Å²) in [6.45, 7) is 23.4. The van der Waals surface area contributed by atoms with E-state index in [9.17, 15) is 28.8 Å². The largest absolute Gasteiger partial charge is 0.469 e. The number of nitrogens with one attached hydrogen (secondary N) is 6. The third-order valence-electron chi connectivity index (χ3n) is 12.4. The molecular weight excluding hydrogens is 869 g/mol. The SMILES string of the molecule is CC[C@H]1c2cc3[nH]c(c(CC(=O)OC)c4nc(cc5[nH]c(cc(n2)[C@@H]1C)c(C(C)=O)c5C)[C@@H](C)[C@@H]4CCC(=O)NCCCNC(=O)OC(C)(C)C)c(C(=O)NCCCNC(=O)OC(C)(C)C)c3C. The average Bonchev–Trinajstić information content (AvgIpc) is 3.93. The predicted molar refractivity (Wildman–Crippen MR) is 261 cm³/mol. The molecular formula is C51H72N8O9. The van der Waals surface area contributed by atoms with Crippen LogP contribution in [0.5, 0.6) is 0 Å². The number of ketones is 1. The minimum absolute atomic E-state index is 0.00819. The van der Waals surface area contributed by atoms with Crippen LogP contribution in [-0.2, 0) is 30.2 Å². The molecule has 2 aliphatic rings. The molecule has 0 aromatic carbocycles. The van der Waals surface area contributed by atoms with Gasteiger partial charge < -0.3 is 45.4 Å². The minimum atomic E-state index is -0.656. The summed E-state index contributed by atoms with van der Waals surface area (Å²) >= 11 is 0. The molecule has 17 heteroatoms. The highest BCUT2D eigenvalue weighted by atomic mass is 16.6. The fraction of sp³-hybridized carbons (Fsp3) is 0.569. The molecule has 0 fully saturated rings. The molecule has 370 valence electrons. The third kappa shape index (κ3) is 13.2. The molecule has 0 aliphatic carbocycles. The fourth-order valence-electron chi connectivity index (χ4n) is 8.93. The van der Waals surface area contributed by atoms with E-state index in [4.69, 9.17) is 24.2 Å². The van der Waals surface area contributed by atoms with E-state index in [1.807, 2.05) is 39.0 Å². The summed E-state index contributed by atoms with van der Waals surface area (Å²) < 4.78 is 15.9. The van der Waals surface area contributed by atoms with Gasteiger partial charge in [-0.05, 0) is 117 Å². The number of ether oxygens (including phenoxy) is 3. The average molecular weight is 941 g/mol. The number of alkyl carbamates (subject to hydrolysis) is 2. The van der Waals surface area contributed by atoms with E-state index in [2.05, 4.69) is 45.1 Å². The molecule has 6 N–H and O–H groups in total. The predicted octanol–water partition coefficient (Wildman–Crippen LogP) is 8.49. The number of carbonyl (C=O) groups is 6. The Bertz CT molecular complexity index is 2560. The van der Waals surface area contributed by atoms with E-state index < -0.39 is 41.2 Å². The van der Waals surface area contributed by atoms with Crippen molar-refractivity contribution in [1.29, 1.82) is 0 Å². The van der Waals surface area contributed by atoms with E-state index in [-0.39, 0.29) is 55.4 Å². The lowest BCUT2D eigenvalue weighted by Gasteiger charge is -2.19. The molecule has 0 saturated carbocycles. The van der Waals surface area contributed by atoms with Crippen LogP contribution in [0.25, 0.3) is 22.1 Å². The molecule has 0 saturated heterocycles. The molecule has 68 heavy (non-hydrogen) atoms. The maximum absolute atomic E-state index is 14.5. The fourth-order valence-corrected chi connectivity index (χ4v) is 8.93.